The molecule has 0 saturated carbocycles. The van der Waals surface area contributed by atoms with Crippen LogP contribution >= 0.6 is 11.3 Å². The van der Waals surface area contributed by atoms with Crippen molar-refractivity contribution in [1.82, 2.24) is 9.88 Å². The molecule has 1 N–H and O–H groups in total. The van der Waals surface area contributed by atoms with Gasteiger partial charge in [0.05, 0.1) is 6.54 Å². The maximum atomic E-state index is 12.4. The third kappa shape index (κ3) is 6.11. The molecule has 0 aromatic carbocycles. The number of unbranched alkanes of at least 4 members (excludes halogenated alkanes) is 1. The molecule has 118 valence electrons. The Morgan fingerprint density at radius 1 is 1.33 bits per heavy atom. The highest BCUT2D eigenvalue weighted by Gasteiger charge is 2.33. The lowest BCUT2D eigenvalue weighted by Crippen LogP contribution is -2.26. The Bertz CT molecular complexity index is 502. The average molecular weight is 324 g/mol. The zero-order valence-electron chi connectivity index (χ0n) is 11.3. The number of hydrogen-bond donors (Lipinski definition) is 1. The molecule has 0 atom stereocenters. The number of thiazole rings is 1. The van der Waals surface area contributed by atoms with Gasteiger partial charge in [0.15, 0.2) is 5.69 Å². The molecule has 1 aromatic rings. The number of carboxylic acids is 1. The molecule has 1 rings (SSSR count). The van der Waals surface area contributed by atoms with Crippen molar-refractivity contribution in [3.63, 3.8) is 0 Å². The predicted molar refractivity (Wildman–Crippen MR) is 69.7 cm³/mol. The van der Waals surface area contributed by atoms with Crippen LogP contribution in [-0.4, -0.2) is 33.9 Å². The van der Waals surface area contributed by atoms with E-state index in [-0.39, 0.29) is 30.3 Å². The van der Waals surface area contributed by atoms with Crippen molar-refractivity contribution in [3.05, 3.63) is 16.1 Å². The Morgan fingerprint density at radius 2 is 1.95 bits per heavy atom. The van der Waals surface area contributed by atoms with Gasteiger partial charge in [-0.05, 0) is 12.8 Å². The van der Waals surface area contributed by atoms with Crippen LogP contribution in [0.4, 0.5) is 13.2 Å². The van der Waals surface area contributed by atoms with E-state index in [1.807, 2.05) is 0 Å². The van der Waals surface area contributed by atoms with E-state index < -0.39 is 17.8 Å². The van der Waals surface area contributed by atoms with Gasteiger partial charge in [0.25, 0.3) is 0 Å². The van der Waals surface area contributed by atoms with Crippen molar-refractivity contribution in [1.29, 1.82) is 0 Å². The molecule has 0 radical (unpaired) electrons. The number of carbonyl (C=O) groups excluding carboxylic acids is 1. The fourth-order valence-electron chi connectivity index (χ4n) is 1.55. The molecular formula is C12H15F3N2O3S. The summed E-state index contributed by atoms with van der Waals surface area (Å²) in [6.45, 7) is 0.0124. The molecule has 0 saturated heterocycles. The van der Waals surface area contributed by atoms with Crippen LogP contribution in [0, 0.1) is 0 Å². The Hall–Kier alpha value is -1.64. The monoisotopic (exact) mass is 324 g/mol. The van der Waals surface area contributed by atoms with Crippen LogP contribution in [0.25, 0.3) is 0 Å². The molecule has 0 bridgehead atoms. The summed E-state index contributed by atoms with van der Waals surface area (Å²) in [5.41, 5.74) is -0.954. The van der Waals surface area contributed by atoms with Crippen molar-refractivity contribution in [3.8, 4) is 0 Å². The normalized spacial score (nSPS) is 11.4. The van der Waals surface area contributed by atoms with E-state index in [9.17, 15) is 22.8 Å². The second-order valence-corrected chi connectivity index (χ2v) is 5.42. The first-order valence-electron chi connectivity index (χ1n) is 6.17. The lowest BCUT2D eigenvalue weighted by Gasteiger charge is -2.15. The smallest absolute Gasteiger partial charge is 0.434 e. The standard InChI is InChI=1S/C12H15F3N2O3S/c1-17(10(18)4-2-3-5-11(19)20)6-9-16-8(7-21-9)12(13,14)15/h7H,2-6H2,1H3,(H,19,20). The first kappa shape index (κ1) is 17.4. The van der Waals surface area contributed by atoms with Gasteiger partial charge in [-0.1, -0.05) is 0 Å². The van der Waals surface area contributed by atoms with Gasteiger partial charge in [0, 0.05) is 25.3 Å². The average Bonchev–Trinajstić information content (AvgIpc) is 2.82. The van der Waals surface area contributed by atoms with E-state index in [0.717, 1.165) is 16.7 Å². The molecule has 1 heterocycles. The van der Waals surface area contributed by atoms with Crippen LogP contribution in [-0.2, 0) is 22.3 Å². The molecule has 0 aliphatic heterocycles. The molecule has 0 spiro atoms. The number of carboxylic acid groups (broad SMARTS) is 1. The van der Waals surface area contributed by atoms with E-state index in [1.165, 1.54) is 11.9 Å². The zero-order valence-corrected chi connectivity index (χ0v) is 12.1. The van der Waals surface area contributed by atoms with E-state index in [4.69, 9.17) is 5.11 Å². The number of rotatable bonds is 7. The SMILES string of the molecule is CN(Cc1nc(C(F)(F)F)cs1)C(=O)CCCCC(=O)O. The molecule has 0 unspecified atom stereocenters. The lowest BCUT2D eigenvalue weighted by molar-refractivity contribution is -0.141. The molecule has 1 aromatic heterocycles. The van der Waals surface area contributed by atoms with E-state index in [0.29, 0.717) is 12.8 Å². The van der Waals surface area contributed by atoms with Crippen molar-refractivity contribution >= 4 is 23.2 Å². The molecular weight excluding hydrogens is 309 g/mol. The summed E-state index contributed by atoms with van der Waals surface area (Å²) in [5, 5.41) is 9.59. The highest BCUT2D eigenvalue weighted by atomic mass is 32.1. The van der Waals surface area contributed by atoms with Gasteiger partial charge < -0.3 is 10.0 Å². The number of hydrogen-bond acceptors (Lipinski definition) is 4. The van der Waals surface area contributed by atoms with Crippen LogP contribution in [0.5, 0.6) is 0 Å². The van der Waals surface area contributed by atoms with Crippen molar-refractivity contribution in [2.24, 2.45) is 0 Å². The molecule has 0 aliphatic rings. The summed E-state index contributed by atoms with van der Waals surface area (Å²) in [6.07, 6.45) is -3.49. The minimum absolute atomic E-state index is 0.00157. The van der Waals surface area contributed by atoms with E-state index >= 15 is 0 Å². The number of aliphatic carboxylic acids is 1. The van der Waals surface area contributed by atoms with Gasteiger partial charge >= 0.3 is 12.1 Å². The van der Waals surface area contributed by atoms with Gasteiger partial charge in [0.2, 0.25) is 5.91 Å². The number of aromatic nitrogens is 1. The number of alkyl halides is 3. The zero-order chi connectivity index (χ0) is 16.0. The van der Waals surface area contributed by atoms with Crippen LogP contribution in [0.2, 0.25) is 0 Å². The van der Waals surface area contributed by atoms with Gasteiger partial charge in [0.1, 0.15) is 5.01 Å². The molecule has 0 aliphatic carbocycles. The summed E-state index contributed by atoms with van der Waals surface area (Å²) in [5.74, 6) is -1.16. The summed E-state index contributed by atoms with van der Waals surface area (Å²) in [7, 11) is 1.48. The maximum Gasteiger partial charge on any atom is 0.434 e. The van der Waals surface area contributed by atoms with Crippen molar-refractivity contribution in [2.45, 2.75) is 38.4 Å². The summed E-state index contributed by atoms with van der Waals surface area (Å²) in [4.78, 5) is 26.8. The summed E-state index contributed by atoms with van der Waals surface area (Å²) in [6, 6.07) is 0. The van der Waals surface area contributed by atoms with Crippen LogP contribution in [0.3, 0.4) is 0 Å². The summed E-state index contributed by atoms with van der Waals surface area (Å²) >= 11 is 0.852. The van der Waals surface area contributed by atoms with Crippen LogP contribution < -0.4 is 0 Å². The molecule has 21 heavy (non-hydrogen) atoms. The van der Waals surface area contributed by atoms with Crippen molar-refractivity contribution < 1.29 is 27.9 Å². The second kappa shape index (κ2) is 7.39. The lowest BCUT2D eigenvalue weighted by atomic mass is 10.2. The molecule has 9 heteroatoms. The summed E-state index contributed by atoms with van der Waals surface area (Å²) < 4.78 is 37.2. The van der Waals surface area contributed by atoms with Gasteiger partial charge in [-0.3, -0.25) is 9.59 Å². The Morgan fingerprint density at radius 3 is 2.48 bits per heavy atom. The largest absolute Gasteiger partial charge is 0.481 e. The first-order chi connectivity index (χ1) is 9.70. The Kier molecular flexibility index (Phi) is 6.13. The van der Waals surface area contributed by atoms with E-state index in [1.54, 1.807) is 0 Å². The molecule has 1 amide bonds. The topological polar surface area (TPSA) is 70.5 Å². The van der Waals surface area contributed by atoms with Gasteiger partial charge in [-0.15, -0.1) is 11.3 Å². The third-order valence-electron chi connectivity index (χ3n) is 2.67. The number of nitrogens with zero attached hydrogens (tertiary/aromatic N) is 2. The highest BCUT2D eigenvalue weighted by Crippen LogP contribution is 2.30. The maximum absolute atomic E-state index is 12.4. The minimum Gasteiger partial charge on any atom is -0.481 e. The van der Waals surface area contributed by atoms with Gasteiger partial charge in [-0.25, -0.2) is 4.98 Å². The number of amides is 1. The minimum atomic E-state index is -4.48. The Balaban J connectivity index is 2.42. The quantitative estimate of drug-likeness (QED) is 0.783. The van der Waals surface area contributed by atoms with Crippen molar-refractivity contribution in [2.75, 3.05) is 7.05 Å². The first-order valence-corrected chi connectivity index (χ1v) is 7.05. The van der Waals surface area contributed by atoms with E-state index in [2.05, 4.69) is 4.98 Å². The van der Waals surface area contributed by atoms with Crippen LogP contribution in [0.15, 0.2) is 5.38 Å². The highest BCUT2D eigenvalue weighted by molar-refractivity contribution is 7.09. The van der Waals surface area contributed by atoms with Crippen LogP contribution in [0.1, 0.15) is 36.4 Å². The fourth-order valence-corrected chi connectivity index (χ4v) is 2.40. The Labute approximate surface area is 123 Å². The number of carbonyl (C=O) groups is 2. The molecule has 5 nitrogen and oxygen atoms in total. The fraction of sp³-hybridized carbons (Fsp3) is 0.583. The van der Waals surface area contributed by atoms with Gasteiger partial charge in [-0.2, -0.15) is 13.2 Å². The molecule has 0 fully saturated rings. The second-order valence-electron chi connectivity index (χ2n) is 4.47. The number of halogens is 3. The predicted octanol–water partition coefficient (Wildman–Crippen LogP) is 2.77. The third-order valence-corrected chi connectivity index (χ3v) is 3.51.